The molecular weight excluding hydrogens is 172 g/mol. The molecule has 0 heterocycles. The summed E-state index contributed by atoms with van der Waals surface area (Å²) in [7, 11) is 0. The molecule has 1 unspecified atom stereocenters. The lowest BCUT2D eigenvalue weighted by Gasteiger charge is -2.40. The molecule has 0 radical (unpaired) electrons. The summed E-state index contributed by atoms with van der Waals surface area (Å²) < 4.78 is 32.4. The molecule has 0 aromatic carbocycles. The van der Waals surface area contributed by atoms with Gasteiger partial charge < -0.3 is 0 Å². The summed E-state index contributed by atoms with van der Waals surface area (Å²) >= 11 is 0. The first kappa shape index (κ1) is 5.67. The lowest BCUT2D eigenvalue weighted by molar-refractivity contribution is -0.131. The SMILES string of the molecule is [2H]C1([2H])CCC2(CCC([2H])([2H])C23CCCC3)C1=O. The van der Waals surface area contributed by atoms with Crippen molar-refractivity contribution < 1.29 is 10.3 Å². The molecule has 3 saturated carbocycles. The lowest BCUT2D eigenvalue weighted by Crippen LogP contribution is -2.38. The number of carbonyl (C=O) groups is 1. The minimum atomic E-state index is -1.73. The van der Waals surface area contributed by atoms with Crippen LogP contribution in [0.15, 0.2) is 0 Å². The summed E-state index contributed by atoms with van der Waals surface area (Å²) in [6.07, 6.45) is 2.30. The van der Waals surface area contributed by atoms with Crippen molar-refractivity contribution in [3.05, 3.63) is 0 Å². The molecule has 3 aliphatic rings. The van der Waals surface area contributed by atoms with Crippen LogP contribution in [0.1, 0.15) is 69.6 Å². The van der Waals surface area contributed by atoms with Crippen LogP contribution in [0.5, 0.6) is 0 Å². The van der Waals surface area contributed by atoms with Gasteiger partial charge in [-0.1, -0.05) is 19.3 Å². The van der Waals surface area contributed by atoms with Crippen molar-refractivity contribution in [3.8, 4) is 0 Å². The number of hydrogen-bond donors (Lipinski definition) is 0. The van der Waals surface area contributed by atoms with Gasteiger partial charge in [0.05, 0.1) is 0 Å². The maximum atomic E-state index is 12.6. The van der Waals surface area contributed by atoms with E-state index in [-0.39, 0.29) is 12.2 Å². The van der Waals surface area contributed by atoms with Gasteiger partial charge in [0.2, 0.25) is 0 Å². The summed E-state index contributed by atoms with van der Waals surface area (Å²) in [4.78, 5) is 12.6. The van der Waals surface area contributed by atoms with Crippen molar-refractivity contribution in [2.75, 3.05) is 0 Å². The fourth-order valence-corrected chi connectivity index (χ4v) is 3.92. The zero-order valence-electron chi connectivity index (χ0n) is 12.6. The first-order chi connectivity index (χ1) is 8.28. The maximum absolute atomic E-state index is 12.6. The van der Waals surface area contributed by atoms with E-state index in [1.54, 1.807) is 0 Å². The van der Waals surface area contributed by atoms with Crippen molar-refractivity contribution in [1.29, 1.82) is 0 Å². The highest BCUT2D eigenvalue weighted by atomic mass is 16.1. The van der Waals surface area contributed by atoms with E-state index in [9.17, 15) is 4.79 Å². The second-order valence-corrected chi connectivity index (χ2v) is 5.05. The molecule has 3 aliphatic carbocycles. The van der Waals surface area contributed by atoms with Crippen LogP contribution < -0.4 is 0 Å². The van der Waals surface area contributed by atoms with Gasteiger partial charge in [0.15, 0.2) is 0 Å². The molecule has 1 nitrogen and oxygen atoms in total. The van der Waals surface area contributed by atoms with Crippen LogP contribution >= 0.6 is 0 Å². The number of fused-ring (bicyclic) bond motifs is 1. The Bertz CT molecular complexity index is 394. The van der Waals surface area contributed by atoms with Crippen molar-refractivity contribution in [2.45, 2.75) is 64.1 Å². The Labute approximate surface area is 91.9 Å². The van der Waals surface area contributed by atoms with E-state index in [1.165, 1.54) is 0 Å². The molecule has 0 amide bonds. The largest absolute Gasteiger partial charge is 0.299 e. The van der Waals surface area contributed by atoms with E-state index < -0.39 is 23.6 Å². The third-order valence-electron chi connectivity index (χ3n) is 4.66. The number of carbonyl (C=O) groups excluding carboxylic acids is 1. The predicted octanol–water partition coefficient (Wildman–Crippen LogP) is 3.47. The molecular formula is C13H20O. The number of rotatable bonds is 0. The normalized spacial score (nSPS) is 51.9. The van der Waals surface area contributed by atoms with Crippen LogP contribution in [0.3, 0.4) is 0 Å². The number of ketones is 1. The van der Waals surface area contributed by atoms with Crippen LogP contribution in [-0.4, -0.2) is 5.78 Å². The fourth-order valence-electron chi connectivity index (χ4n) is 3.92. The Morgan fingerprint density at radius 2 is 1.71 bits per heavy atom. The number of Topliss-reactive ketones (excluding diaryl/α,β-unsaturated/α-hetero) is 1. The average Bonchev–Trinajstić information content (AvgIpc) is 2.91. The fraction of sp³-hybridized carbons (Fsp3) is 0.923. The standard InChI is InChI=1S/C13H20O/c14-11-5-3-9-13(11)10-4-8-12(13)6-1-2-7-12/h1-10H2/i5D2,8D2. The zero-order valence-corrected chi connectivity index (χ0v) is 8.57. The van der Waals surface area contributed by atoms with E-state index in [2.05, 4.69) is 0 Å². The van der Waals surface area contributed by atoms with Gasteiger partial charge in [-0.15, -0.1) is 0 Å². The highest BCUT2D eigenvalue weighted by molar-refractivity contribution is 5.88. The van der Waals surface area contributed by atoms with Gasteiger partial charge in [-0.05, 0) is 43.9 Å². The third-order valence-corrected chi connectivity index (χ3v) is 4.66. The van der Waals surface area contributed by atoms with E-state index in [0.29, 0.717) is 19.3 Å². The highest BCUT2D eigenvalue weighted by Crippen LogP contribution is 2.65. The van der Waals surface area contributed by atoms with Gasteiger partial charge in [0, 0.05) is 17.3 Å². The van der Waals surface area contributed by atoms with Crippen molar-refractivity contribution >= 4 is 5.78 Å². The molecule has 0 aromatic heterocycles. The molecule has 78 valence electrons. The van der Waals surface area contributed by atoms with E-state index >= 15 is 0 Å². The topological polar surface area (TPSA) is 17.1 Å². The Balaban J connectivity index is 2.10. The Morgan fingerprint density at radius 3 is 2.36 bits per heavy atom. The van der Waals surface area contributed by atoms with E-state index in [0.717, 1.165) is 25.7 Å². The van der Waals surface area contributed by atoms with Crippen LogP contribution in [0.25, 0.3) is 0 Å². The predicted molar refractivity (Wildman–Crippen MR) is 56.0 cm³/mol. The molecule has 0 aliphatic heterocycles. The minimum Gasteiger partial charge on any atom is -0.299 e. The second-order valence-electron chi connectivity index (χ2n) is 5.05. The summed E-state index contributed by atoms with van der Waals surface area (Å²) in [5, 5.41) is 0. The quantitative estimate of drug-likeness (QED) is 0.580. The number of hydrogen-bond acceptors (Lipinski definition) is 1. The van der Waals surface area contributed by atoms with Gasteiger partial charge >= 0.3 is 0 Å². The summed E-state index contributed by atoms with van der Waals surface area (Å²) in [6.45, 7) is 0. The molecule has 0 aromatic rings. The van der Waals surface area contributed by atoms with Crippen LogP contribution in [0.2, 0.25) is 0 Å². The molecule has 0 N–H and O–H groups in total. The zero-order chi connectivity index (χ0) is 13.2. The van der Waals surface area contributed by atoms with Gasteiger partial charge in [-0.3, -0.25) is 4.79 Å². The highest BCUT2D eigenvalue weighted by Gasteiger charge is 2.60. The van der Waals surface area contributed by atoms with Gasteiger partial charge in [-0.2, -0.15) is 0 Å². The van der Waals surface area contributed by atoms with Crippen molar-refractivity contribution in [1.82, 2.24) is 0 Å². The van der Waals surface area contributed by atoms with Crippen LogP contribution in [0, 0.1) is 10.8 Å². The maximum Gasteiger partial charge on any atom is 0.139 e. The Kier molecular flexibility index (Phi) is 1.15. The monoisotopic (exact) mass is 196 g/mol. The first-order valence-electron chi connectivity index (χ1n) is 7.83. The summed E-state index contributed by atoms with van der Waals surface area (Å²) in [6, 6.07) is 0. The first-order valence-corrected chi connectivity index (χ1v) is 5.83. The Hall–Kier alpha value is -0.330. The van der Waals surface area contributed by atoms with Gasteiger partial charge in [0.25, 0.3) is 0 Å². The Morgan fingerprint density at radius 1 is 1.00 bits per heavy atom. The molecule has 1 atom stereocenters. The molecule has 3 rings (SSSR count). The van der Waals surface area contributed by atoms with Crippen molar-refractivity contribution in [2.24, 2.45) is 10.8 Å². The molecule has 14 heavy (non-hydrogen) atoms. The van der Waals surface area contributed by atoms with Crippen LogP contribution in [-0.2, 0) is 4.79 Å². The smallest absolute Gasteiger partial charge is 0.139 e. The van der Waals surface area contributed by atoms with Crippen molar-refractivity contribution in [3.63, 3.8) is 0 Å². The average molecular weight is 196 g/mol. The van der Waals surface area contributed by atoms with E-state index in [1.807, 2.05) is 0 Å². The molecule has 3 fully saturated rings. The van der Waals surface area contributed by atoms with E-state index in [4.69, 9.17) is 5.48 Å². The van der Waals surface area contributed by atoms with Gasteiger partial charge in [-0.25, -0.2) is 0 Å². The summed E-state index contributed by atoms with van der Waals surface area (Å²) in [5.74, 6) is -0.293. The molecule has 0 saturated heterocycles. The molecule has 1 heteroatoms. The lowest BCUT2D eigenvalue weighted by atomic mass is 9.63. The summed E-state index contributed by atoms with van der Waals surface area (Å²) in [5.41, 5.74) is -1.27. The third kappa shape index (κ3) is 0.888. The second kappa shape index (κ2) is 2.84. The molecule has 2 spiro atoms. The molecule has 0 bridgehead atoms. The van der Waals surface area contributed by atoms with Crippen LogP contribution in [0.4, 0.5) is 0 Å². The van der Waals surface area contributed by atoms with Gasteiger partial charge in [0.1, 0.15) is 5.78 Å². The minimum absolute atomic E-state index is 0.281.